The first kappa shape index (κ1) is 16.7. The number of carbonyl (C=O) groups is 3. The van der Waals surface area contributed by atoms with Gasteiger partial charge in [-0.05, 0) is 26.0 Å². The first-order valence-corrected chi connectivity index (χ1v) is 6.64. The lowest BCUT2D eigenvalue weighted by Gasteiger charge is -2.13. The molecule has 0 saturated heterocycles. The molecule has 0 fully saturated rings. The Morgan fingerprint density at radius 2 is 1.48 bits per heavy atom. The molecule has 21 heavy (non-hydrogen) atoms. The molecule has 114 valence electrons. The van der Waals surface area contributed by atoms with Gasteiger partial charge >= 0.3 is 11.9 Å². The van der Waals surface area contributed by atoms with Crippen molar-refractivity contribution in [2.24, 2.45) is 5.92 Å². The van der Waals surface area contributed by atoms with Gasteiger partial charge in [-0.2, -0.15) is 0 Å². The normalized spacial score (nSPS) is 10.0. The molecule has 0 saturated carbocycles. The van der Waals surface area contributed by atoms with Crippen molar-refractivity contribution in [1.29, 1.82) is 0 Å². The van der Waals surface area contributed by atoms with Crippen LogP contribution in [0.4, 0.5) is 0 Å². The predicted octanol–water partition coefficient (Wildman–Crippen LogP) is 1.38. The van der Waals surface area contributed by atoms with E-state index < -0.39 is 30.2 Å². The summed E-state index contributed by atoms with van der Waals surface area (Å²) in [6, 6.07) is 8.62. The average molecular weight is 294 g/mol. The third-order valence-corrected chi connectivity index (χ3v) is 2.49. The van der Waals surface area contributed by atoms with Crippen molar-refractivity contribution < 1.29 is 28.6 Å². The molecular weight excluding hydrogens is 276 g/mol. The minimum Gasteiger partial charge on any atom is -0.486 e. The van der Waals surface area contributed by atoms with E-state index in [9.17, 15) is 14.4 Å². The molecule has 0 heterocycles. The fraction of sp³-hybridized carbons (Fsp3) is 0.400. The van der Waals surface area contributed by atoms with Crippen LogP contribution in [0.25, 0.3) is 0 Å². The minimum atomic E-state index is -1.60. The van der Waals surface area contributed by atoms with E-state index in [2.05, 4.69) is 0 Å². The fourth-order valence-electron chi connectivity index (χ4n) is 1.56. The van der Waals surface area contributed by atoms with Gasteiger partial charge in [0.2, 0.25) is 5.92 Å². The van der Waals surface area contributed by atoms with Crippen LogP contribution >= 0.6 is 0 Å². The highest BCUT2D eigenvalue weighted by molar-refractivity contribution is 6.15. The standard InChI is InChI=1S/C15H18O6/c1-3-19-14(17)13(15(18)20-4-2)12(16)10-21-11-8-6-5-7-9-11/h5-9,13H,3-4,10H2,1-2H3. The zero-order valence-electron chi connectivity index (χ0n) is 12.0. The Bertz CT molecular complexity index is 464. The van der Waals surface area contributed by atoms with Crippen LogP contribution in [0.15, 0.2) is 30.3 Å². The van der Waals surface area contributed by atoms with E-state index >= 15 is 0 Å². The molecule has 0 atom stereocenters. The zero-order chi connectivity index (χ0) is 15.7. The number of carbonyl (C=O) groups excluding carboxylic acids is 3. The maximum atomic E-state index is 12.0. The second-order valence-corrected chi connectivity index (χ2v) is 4.01. The van der Waals surface area contributed by atoms with Crippen LogP contribution < -0.4 is 4.74 Å². The third kappa shape index (κ3) is 5.25. The number of ketones is 1. The van der Waals surface area contributed by atoms with E-state index in [0.717, 1.165) is 0 Å². The van der Waals surface area contributed by atoms with Crippen molar-refractivity contribution in [3.63, 3.8) is 0 Å². The molecule has 0 unspecified atom stereocenters. The summed E-state index contributed by atoms with van der Waals surface area (Å²) in [6.07, 6.45) is 0. The largest absolute Gasteiger partial charge is 0.486 e. The highest BCUT2D eigenvalue weighted by Gasteiger charge is 2.36. The molecule has 0 amide bonds. The Balaban J connectivity index is 2.70. The lowest BCUT2D eigenvalue weighted by molar-refractivity contribution is -0.164. The number of hydrogen-bond donors (Lipinski definition) is 0. The highest BCUT2D eigenvalue weighted by Crippen LogP contribution is 2.11. The van der Waals surface area contributed by atoms with Crippen LogP contribution in [0.3, 0.4) is 0 Å². The molecule has 1 aromatic carbocycles. The Morgan fingerprint density at radius 3 is 1.95 bits per heavy atom. The molecule has 6 heteroatoms. The number of para-hydroxylation sites is 1. The number of hydrogen-bond acceptors (Lipinski definition) is 6. The van der Waals surface area contributed by atoms with Crippen molar-refractivity contribution in [3.05, 3.63) is 30.3 Å². The van der Waals surface area contributed by atoms with Crippen molar-refractivity contribution in [1.82, 2.24) is 0 Å². The Morgan fingerprint density at radius 1 is 0.952 bits per heavy atom. The molecule has 0 bridgehead atoms. The van der Waals surface area contributed by atoms with Gasteiger partial charge in [0.1, 0.15) is 12.4 Å². The van der Waals surface area contributed by atoms with Gasteiger partial charge in [0.05, 0.1) is 13.2 Å². The van der Waals surface area contributed by atoms with E-state index in [1.54, 1.807) is 44.2 Å². The number of esters is 2. The van der Waals surface area contributed by atoms with E-state index in [1.165, 1.54) is 0 Å². The topological polar surface area (TPSA) is 78.9 Å². The maximum absolute atomic E-state index is 12.0. The number of rotatable bonds is 8. The van der Waals surface area contributed by atoms with Crippen molar-refractivity contribution >= 4 is 17.7 Å². The molecular formula is C15H18O6. The van der Waals surface area contributed by atoms with E-state index in [1.807, 2.05) is 0 Å². The molecule has 0 aliphatic rings. The number of Topliss-reactive ketones (excluding diaryl/α,β-unsaturated/α-hetero) is 1. The first-order valence-electron chi connectivity index (χ1n) is 6.64. The summed E-state index contributed by atoms with van der Waals surface area (Å²) in [5.41, 5.74) is 0. The van der Waals surface area contributed by atoms with Gasteiger partial charge in [0, 0.05) is 0 Å². The highest BCUT2D eigenvalue weighted by atomic mass is 16.6. The van der Waals surface area contributed by atoms with Crippen LogP contribution in [0, 0.1) is 5.92 Å². The molecule has 1 aromatic rings. The predicted molar refractivity (Wildman–Crippen MR) is 73.7 cm³/mol. The summed E-state index contributed by atoms with van der Waals surface area (Å²) in [6.45, 7) is 2.91. The van der Waals surface area contributed by atoms with Gasteiger partial charge in [0.15, 0.2) is 5.78 Å². The van der Waals surface area contributed by atoms with Gasteiger partial charge in [-0.15, -0.1) is 0 Å². The van der Waals surface area contributed by atoms with Crippen molar-refractivity contribution in [2.45, 2.75) is 13.8 Å². The fourth-order valence-corrected chi connectivity index (χ4v) is 1.56. The second kappa shape index (κ2) is 8.73. The Hall–Kier alpha value is -2.37. The van der Waals surface area contributed by atoms with Crippen LogP contribution in [-0.2, 0) is 23.9 Å². The first-order chi connectivity index (χ1) is 10.1. The Kier molecular flexibility index (Phi) is 6.94. The van der Waals surface area contributed by atoms with Crippen LogP contribution in [0.2, 0.25) is 0 Å². The lowest BCUT2D eigenvalue weighted by atomic mass is 10.1. The van der Waals surface area contributed by atoms with Gasteiger partial charge < -0.3 is 14.2 Å². The summed E-state index contributed by atoms with van der Waals surface area (Å²) in [4.78, 5) is 35.4. The Labute approximate surface area is 123 Å². The molecule has 0 N–H and O–H groups in total. The molecule has 0 radical (unpaired) electrons. The molecule has 6 nitrogen and oxygen atoms in total. The summed E-state index contributed by atoms with van der Waals surface area (Å²) in [5.74, 6) is -3.67. The smallest absolute Gasteiger partial charge is 0.328 e. The monoisotopic (exact) mass is 294 g/mol. The summed E-state index contributed by atoms with van der Waals surface area (Å²) >= 11 is 0. The van der Waals surface area contributed by atoms with Crippen molar-refractivity contribution in [3.8, 4) is 5.75 Å². The second-order valence-electron chi connectivity index (χ2n) is 4.01. The molecule has 1 rings (SSSR count). The summed E-state index contributed by atoms with van der Waals surface area (Å²) < 4.78 is 14.7. The van der Waals surface area contributed by atoms with Crippen LogP contribution in [0.5, 0.6) is 5.75 Å². The van der Waals surface area contributed by atoms with Gasteiger partial charge in [-0.25, -0.2) is 0 Å². The minimum absolute atomic E-state index is 0.0710. The van der Waals surface area contributed by atoms with Crippen molar-refractivity contribution in [2.75, 3.05) is 19.8 Å². The van der Waals surface area contributed by atoms with E-state index in [-0.39, 0.29) is 13.2 Å². The molecule has 0 aliphatic carbocycles. The summed E-state index contributed by atoms with van der Waals surface area (Å²) in [7, 11) is 0. The van der Waals surface area contributed by atoms with Gasteiger partial charge in [-0.3, -0.25) is 14.4 Å². The molecule has 0 aliphatic heterocycles. The van der Waals surface area contributed by atoms with Crippen LogP contribution in [0.1, 0.15) is 13.8 Å². The van der Waals surface area contributed by atoms with E-state index in [4.69, 9.17) is 14.2 Å². The van der Waals surface area contributed by atoms with Crippen LogP contribution in [-0.4, -0.2) is 37.5 Å². The molecule has 0 aromatic heterocycles. The zero-order valence-corrected chi connectivity index (χ0v) is 12.0. The van der Waals surface area contributed by atoms with Gasteiger partial charge in [-0.1, -0.05) is 18.2 Å². The summed E-state index contributed by atoms with van der Waals surface area (Å²) in [5, 5.41) is 0. The lowest BCUT2D eigenvalue weighted by Crippen LogP contribution is -2.37. The number of benzene rings is 1. The van der Waals surface area contributed by atoms with E-state index in [0.29, 0.717) is 5.75 Å². The molecule has 0 spiro atoms. The number of ether oxygens (including phenoxy) is 3. The average Bonchev–Trinajstić information content (AvgIpc) is 2.47. The maximum Gasteiger partial charge on any atom is 0.328 e. The third-order valence-electron chi connectivity index (χ3n) is 2.49. The quantitative estimate of drug-likeness (QED) is 0.532. The van der Waals surface area contributed by atoms with Gasteiger partial charge in [0.25, 0.3) is 0 Å². The SMILES string of the molecule is CCOC(=O)C(C(=O)COc1ccccc1)C(=O)OCC.